The highest BCUT2D eigenvalue weighted by Gasteiger charge is 2.22. The molecule has 0 atom stereocenters. The molecule has 158 valence electrons. The van der Waals surface area contributed by atoms with Crippen LogP contribution in [0.15, 0.2) is 35.2 Å². The summed E-state index contributed by atoms with van der Waals surface area (Å²) in [6.45, 7) is 2.68. The number of benzene rings is 1. The minimum absolute atomic E-state index is 0.0456. The minimum atomic E-state index is -4.14. The van der Waals surface area contributed by atoms with Crippen LogP contribution in [0.25, 0.3) is 0 Å². The Hall–Kier alpha value is -2.92. The molecule has 1 aromatic carbocycles. The van der Waals surface area contributed by atoms with E-state index in [2.05, 4.69) is 15.3 Å². The zero-order valence-corrected chi connectivity index (χ0v) is 17.3. The molecule has 1 aromatic heterocycles. The van der Waals surface area contributed by atoms with E-state index in [1.807, 2.05) is 11.6 Å². The summed E-state index contributed by atoms with van der Waals surface area (Å²) < 4.78 is 42.8. The van der Waals surface area contributed by atoms with E-state index in [-0.39, 0.29) is 29.2 Å². The van der Waals surface area contributed by atoms with Crippen molar-refractivity contribution in [1.82, 2.24) is 14.7 Å². The van der Waals surface area contributed by atoms with Crippen molar-refractivity contribution in [3.8, 4) is 11.8 Å². The molecule has 0 fully saturated rings. The van der Waals surface area contributed by atoms with Crippen LogP contribution in [0.1, 0.15) is 25.3 Å². The molecule has 0 aliphatic heterocycles. The van der Waals surface area contributed by atoms with E-state index in [1.165, 1.54) is 26.4 Å². The normalized spacial score (nSPS) is 11.0. The van der Waals surface area contributed by atoms with Crippen LogP contribution in [0.4, 0.5) is 10.7 Å². The van der Waals surface area contributed by atoms with Crippen molar-refractivity contribution in [2.75, 3.05) is 26.1 Å². The first-order valence-corrected chi connectivity index (χ1v) is 10.3. The van der Waals surface area contributed by atoms with E-state index in [9.17, 15) is 13.2 Å². The Kier molecular flexibility index (Phi) is 8.16. The number of hydrogen-bond donors (Lipinski definition) is 2. The van der Waals surface area contributed by atoms with Crippen molar-refractivity contribution in [2.45, 2.75) is 31.3 Å². The lowest BCUT2D eigenvalue weighted by molar-refractivity contribution is 0.116. The highest BCUT2D eigenvalue weighted by Crippen LogP contribution is 2.19. The molecule has 11 heteroatoms. The first-order valence-electron chi connectivity index (χ1n) is 8.86. The summed E-state index contributed by atoms with van der Waals surface area (Å²) in [4.78, 5) is 20.0. The maximum Gasteiger partial charge on any atom is 0.335 e. The summed E-state index contributed by atoms with van der Waals surface area (Å²) in [5.74, 6) is 0.110. The van der Waals surface area contributed by atoms with E-state index >= 15 is 0 Å². The van der Waals surface area contributed by atoms with E-state index < -0.39 is 16.1 Å². The lowest BCUT2D eigenvalue weighted by atomic mass is 10.2. The number of nitrogens with one attached hydrogen (secondary N) is 2. The number of nitrogens with zero attached hydrogens (tertiary/aromatic N) is 2. The van der Waals surface area contributed by atoms with Gasteiger partial charge in [0.1, 0.15) is 0 Å². The smallest absolute Gasteiger partial charge is 0.335 e. The number of aromatic nitrogens is 2. The number of hydrogen-bond acceptors (Lipinski definition) is 8. The van der Waals surface area contributed by atoms with Gasteiger partial charge in [-0.1, -0.05) is 31.5 Å². The third kappa shape index (κ3) is 6.57. The Bertz CT molecular complexity index is 913. The molecule has 1 heterocycles. The molecular weight excluding hydrogens is 400 g/mol. The van der Waals surface area contributed by atoms with E-state index in [0.717, 1.165) is 12.8 Å². The van der Waals surface area contributed by atoms with Crippen LogP contribution in [-0.2, 0) is 21.4 Å². The first kappa shape index (κ1) is 22.4. The number of sulfonamides is 1. The third-order valence-electron chi connectivity index (χ3n) is 3.71. The topological polar surface area (TPSA) is 129 Å². The number of rotatable bonds is 10. The highest BCUT2D eigenvalue weighted by molar-refractivity contribution is 7.90. The fourth-order valence-corrected chi connectivity index (χ4v) is 3.42. The second-order valence-corrected chi connectivity index (χ2v) is 7.50. The van der Waals surface area contributed by atoms with Gasteiger partial charge in [-0.05, 0) is 18.1 Å². The molecule has 0 spiro atoms. The van der Waals surface area contributed by atoms with Gasteiger partial charge in [0.15, 0.2) is 0 Å². The van der Waals surface area contributed by atoms with Crippen molar-refractivity contribution < 1.29 is 27.4 Å². The number of amides is 2. The zero-order chi connectivity index (χ0) is 21.3. The maximum atomic E-state index is 12.7. The minimum Gasteiger partial charge on any atom is -0.481 e. The van der Waals surface area contributed by atoms with Crippen LogP contribution >= 0.6 is 0 Å². The molecule has 29 heavy (non-hydrogen) atoms. The molecule has 0 aliphatic carbocycles. The zero-order valence-electron chi connectivity index (χ0n) is 16.5. The van der Waals surface area contributed by atoms with Crippen LogP contribution in [0.5, 0.6) is 11.8 Å². The number of carbonyl (C=O) groups excluding carboxylic acids is 1. The predicted molar refractivity (Wildman–Crippen MR) is 105 cm³/mol. The van der Waals surface area contributed by atoms with Crippen molar-refractivity contribution in [3.63, 3.8) is 0 Å². The van der Waals surface area contributed by atoms with Gasteiger partial charge in [0.25, 0.3) is 10.0 Å². The van der Waals surface area contributed by atoms with Gasteiger partial charge >= 0.3 is 6.03 Å². The molecule has 0 radical (unpaired) electrons. The van der Waals surface area contributed by atoms with E-state index in [4.69, 9.17) is 14.2 Å². The molecule has 0 unspecified atom stereocenters. The van der Waals surface area contributed by atoms with Crippen molar-refractivity contribution >= 4 is 22.0 Å². The quantitative estimate of drug-likeness (QED) is 0.556. The van der Waals surface area contributed by atoms with Gasteiger partial charge in [-0.25, -0.2) is 17.9 Å². The largest absolute Gasteiger partial charge is 0.481 e. The van der Waals surface area contributed by atoms with Gasteiger partial charge in [-0.15, -0.1) is 0 Å². The van der Waals surface area contributed by atoms with Gasteiger partial charge in [0.2, 0.25) is 17.7 Å². The lowest BCUT2D eigenvalue weighted by Crippen LogP contribution is -2.35. The Labute approximate surface area is 169 Å². The maximum absolute atomic E-state index is 12.7. The lowest BCUT2D eigenvalue weighted by Gasteiger charge is -2.12. The molecule has 2 amide bonds. The predicted octanol–water partition coefficient (Wildman–Crippen LogP) is 2.32. The fourth-order valence-electron chi connectivity index (χ4n) is 2.29. The number of unbranched alkanes of at least 4 members (excludes halogenated alkanes) is 1. The second kappa shape index (κ2) is 10.6. The van der Waals surface area contributed by atoms with Gasteiger partial charge in [-0.3, -0.25) is 5.32 Å². The SMILES string of the molecule is CCCCOCc1ccccc1S(=O)(=O)NC(=O)Nc1nc(OC)cc(OC)n1. The Morgan fingerprint density at radius 3 is 2.38 bits per heavy atom. The number of anilines is 1. The molecule has 0 aliphatic rings. The summed E-state index contributed by atoms with van der Waals surface area (Å²) in [5, 5.41) is 2.25. The van der Waals surface area contributed by atoms with Crippen LogP contribution in [0.2, 0.25) is 0 Å². The average molecular weight is 424 g/mol. The second-order valence-electron chi connectivity index (χ2n) is 5.85. The Morgan fingerprint density at radius 1 is 1.10 bits per heavy atom. The molecule has 10 nitrogen and oxygen atoms in total. The molecule has 0 saturated heterocycles. The number of methoxy groups -OCH3 is 2. The monoisotopic (exact) mass is 424 g/mol. The number of carbonyl (C=O) groups is 1. The molecule has 2 rings (SSSR count). The summed E-state index contributed by atoms with van der Waals surface area (Å²) in [6, 6.07) is 6.69. The molecule has 2 aromatic rings. The van der Waals surface area contributed by atoms with E-state index in [0.29, 0.717) is 12.2 Å². The molecule has 2 N–H and O–H groups in total. The van der Waals surface area contributed by atoms with Crippen LogP contribution in [0.3, 0.4) is 0 Å². The third-order valence-corrected chi connectivity index (χ3v) is 5.14. The summed E-state index contributed by atoms with van der Waals surface area (Å²) >= 11 is 0. The average Bonchev–Trinajstić information content (AvgIpc) is 2.70. The summed E-state index contributed by atoms with van der Waals surface area (Å²) in [6.07, 6.45) is 1.85. The van der Waals surface area contributed by atoms with Gasteiger partial charge in [0.05, 0.1) is 31.8 Å². The van der Waals surface area contributed by atoms with E-state index in [1.54, 1.807) is 18.2 Å². The standard InChI is InChI=1S/C18H24N4O6S/c1-4-5-10-28-12-13-8-6-7-9-14(13)29(24,25)22-18(23)21-17-19-15(26-2)11-16(20-17)27-3/h6-9,11H,4-5,10,12H2,1-3H3,(H2,19,20,21,22,23). The first-order chi connectivity index (χ1) is 13.9. The van der Waals surface area contributed by atoms with Crippen LogP contribution in [-0.4, -0.2) is 45.2 Å². The fraction of sp³-hybridized carbons (Fsp3) is 0.389. The van der Waals surface area contributed by atoms with Crippen molar-refractivity contribution in [2.24, 2.45) is 0 Å². The molecule has 0 bridgehead atoms. The molecule has 0 saturated carbocycles. The van der Waals surface area contributed by atoms with Crippen LogP contribution in [0, 0.1) is 0 Å². The highest BCUT2D eigenvalue weighted by atomic mass is 32.2. The molecular formula is C18H24N4O6S. The van der Waals surface area contributed by atoms with Gasteiger partial charge in [0, 0.05) is 6.61 Å². The van der Waals surface area contributed by atoms with Gasteiger partial charge in [-0.2, -0.15) is 9.97 Å². The summed E-state index contributed by atoms with van der Waals surface area (Å²) in [7, 11) is -1.38. The van der Waals surface area contributed by atoms with Crippen LogP contribution < -0.4 is 19.5 Å². The van der Waals surface area contributed by atoms with Crippen molar-refractivity contribution in [3.05, 3.63) is 35.9 Å². The van der Waals surface area contributed by atoms with Gasteiger partial charge < -0.3 is 14.2 Å². The summed E-state index contributed by atoms with van der Waals surface area (Å²) in [5.41, 5.74) is 0.447. The van der Waals surface area contributed by atoms with Crippen molar-refractivity contribution in [1.29, 1.82) is 0 Å². The number of ether oxygens (including phenoxy) is 3. The Balaban J connectivity index is 2.12. The Morgan fingerprint density at radius 2 is 1.76 bits per heavy atom. The number of urea groups is 1.